The summed E-state index contributed by atoms with van der Waals surface area (Å²) in [6.45, 7) is 1.86. The van der Waals surface area contributed by atoms with Gasteiger partial charge in [0.05, 0.1) is 4.83 Å². The van der Waals surface area contributed by atoms with E-state index in [2.05, 4.69) is 36.8 Å². The number of aromatic nitrogens is 2. The Morgan fingerprint density at radius 1 is 1.69 bits per heavy atom. The predicted octanol–water partition coefficient (Wildman–Crippen LogP) is 2.55. The summed E-state index contributed by atoms with van der Waals surface area (Å²) in [5, 5.41) is 10.5. The molecule has 0 radical (unpaired) electrons. The van der Waals surface area contributed by atoms with E-state index >= 15 is 0 Å². The zero-order valence-electron chi connectivity index (χ0n) is 6.99. The van der Waals surface area contributed by atoms with Crippen molar-refractivity contribution in [2.45, 2.75) is 11.8 Å². The fraction of sp³-hybridized carbons (Fsp3) is 0.500. The summed E-state index contributed by atoms with van der Waals surface area (Å²) in [6.07, 6.45) is 0. The first-order chi connectivity index (χ1) is 5.95. The van der Waals surface area contributed by atoms with Gasteiger partial charge in [-0.1, -0.05) is 15.9 Å². The van der Waals surface area contributed by atoms with E-state index < -0.39 is 4.92 Å². The highest BCUT2D eigenvalue weighted by atomic mass is 79.9. The molecule has 0 aromatic carbocycles. The maximum absolute atomic E-state index is 10.5. The largest absolute Gasteiger partial charge is 0.396 e. The minimum atomic E-state index is -0.511. The van der Waals surface area contributed by atoms with Crippen molar-refractivity contribution in [3.05, 3.63) is 20.5 Å². The van der Waals surface area contributed by atoms with Gasteiger partial charge in [0.15, 0.2) is 4.60 Å². The van der Waals surface area contributed by atoms with Crippen LogP contribution < -0.4 is 0 Å². The van der Waals surface area contributed by atoms with Gasteiger partial charge in [-0.25, -0.2) is 0 Å². The third-order valence-corrected chi connectivity index (χ3v) is 2.87. The molecular weight excluding hydrogens is 306 g/mol. The molecule has 0 saturated heterocycles. The lowest BCUT2D eigenvalue weighted by Gasteiger charge is -1.97. The van der Waals surface area contributed by atoms with Gasteiger partial charge in [0, 0.05) is 7.05 Å². The van der Waals surface area contributed by atoms with Crippen LogP contribution in [0.5, 0.6) is 0 Å². The van der Waals surface area contributed by atoms with Crippen molar-refractivity contribution in [3.8, 4) is 0 Å². The second kappa shape index (κ2) is 3.75. The zero-order valence-corrected chi connectivity index (χ0v) is 10.2. The van der Waals surface area contributed by atoms with Crippen LogP contribution in [0.4, 0.5) is 5.82 Å². The molecule has 1 aromatic heterocycles. The molecule has 0 aliphatic rings. The molecule has 1 unspecified atom stereocenters. The second-order valence-electron chi connectivity index (χ2n) is 2.52. The van der Waals surface area contributed by atoms with E-state index in [1.807, 2.05) is 6.92 Å². The lowest BCUT2D eigenvalue weighted by Crippen LogP contribution is -1.97. The fourth-order valence-electron chi connectivity index (χ4n) is 0.952. The van der Waals surface area contributed by atoms with Gasteiger partial charge in [-0.05, 0) is 32.8 Å². The van der Waals surface area contributed by atoms with Gasteiger partial charge in [0.25, 0.3) is 0 Å². The number of alkyl halides is 1. The standard InChI is InChI=1S/C6H7Br2N3O2/c1-3(7)5-9-6(11(12)13)4(8)10(5)2/h3H,1-2H3. The Morgan fingerprint density at radius 2 is 2.23 bits per heavy atom. The highest BCUT2D eigenvalue weighted by Crippen LogP contribution is 2.29. The van der Waals surface area contributed by atoms with Crippen molar-refractivity contribution >= 4 is 37.7 Å². The van der Waals surface area contributed by atoms with Gasteiger partial charge < -0.3 is 10.1 Å². The third-order valence-electron chi connectivity index (χ3n) is 1.57. The summed E-state index contributed by atoms with van der Waals surface area (Å²) >= 11 is 6.41. The summed E-state index contributed by atoms with van der Waals surface area (Å²) < 4.78 is 2.02. The van der Waals surface area contributed by atoms with Crippen LogP contribution in [0.25, 0.3) is 0 Å². The van der Waals surface area contributed by atoms with Gasteiger partial charge in [-0.2, -0.15) is 0 Å². The molecular formula is C6H7Br2N3O2. The Bertz CT molecular complexity index is 348. The van der Waals surface area contributed by atoms with Gasteiger partial charge in [-0.15, -0.1) is 0 Å². The van der Waals surface area contributed by atoms with E-state index in [-0.39, 0.29) is 10.6 Å². The first-order valence-corrected chi connectivity index (χ1v) is 5.16. The highest BCUT2D eigenvalue weighted by Gasteiger charge is 2.25. The van der Waals surface area contributed by atoms with Gasteiger partial charge in [0.2, 0.25) is 5.82 Å². The minimum Gasteiger partial charge on any atom is -0.358 e. The van der Waals surface area contributed by atoms with E-state index in [9.17, 15) is 10.1 Å². The topological polar surface area (TPSA) is 61.0 Å². The Hall–Kier alpha value is -0.430. The SMILES string of the molecule is CC(Br)c1nc([N+](=O)[O-])c(Br)n1C. The molecule has 1 rings (SSSR count). The molecule has 1 aromatic rings. The van der Waals surface area contributed by atoms with E-state index in [0.29, 0.717) is 10.4 Å². The summed E-state index contributed by atoms with van der Waals surface area (Å²) in [4.78, 5) is 13.9. The maximum Gasteiger partial charge on any atom is 0.396 e. The monoisotopic (exact) mass is 311 g/mol. The first kappa shape index (κ1) is 10.6. The molecule has 0 amide bonds. The van der Waals surface area contributed by atoms with Crippen molar-refractivity contribution in [2.75, 3.05) is 0 Å². The maximum atomic E-state index is 10.5. The van der Waals surface area contributed by atoms with E-state index in [0.717, 1.165) is 0 Å². The van der Waals surface area contributed by atoms with Crippen LogP contribution in [0.1, 0.15) is 17.6 Å². The molecule has 0 fully saturated rings. The van der Waals surface area contributed by atoms with E-state index in [1.165, 1.54) is 0 Å². The van der Waals surface area contributed by atoms with Crippen molar-refractivity contribution < 1.29 is 4.92 Å². The lowest BCUT2D eigenvalue weighted by atomic mass is 10.5. The zero-order chi connectivity index (χ0) is 10.2. The number of nitrogens with zero attached hydrogens (tertiary/aromatic N) is 3. The van der Waals surface area contributed by atoms with Gasteiger partial charge >= 0.3 is 5.82 Å². The van der Waals surface area contributed by atoms with Gasteiger partial charge in [0.1, 0.15) is 0 Å². The van der Waals surface area contributed by atoms with E-state index in [4.69, 9.17) is 0 Å². The molecule has 1 heterocycles. The quantitative estimate of drug-likeness (QED) is 0.479. The van der Waals surface area contributed by atoms with Crippen LogP contribution in [-0.2, 0) is 7.05 Å². The van der Waals surface area contributed by atoms with Crippen molar-refractivity contribution in [1.82, 2.24) is 9.55 Å². The molecule has 0 aliphatic carbocycles. The number of hydrogen-bond acceptors (Lipinski definition) is 3. The van der Waals surface area contributed by atoms with Crippen LogP contribution in [0.3, 0.4) is 0 Å². The Morgan fingerprint density at radius 3 is 2.46 bits per heavy atom. The van der Waals surface area contributed by atoms with Crippen molar-refractivity contribution in [1.29, 1.82) is 0 Å². The third kappa shape index (κ3) is 1.91. The molecule has 5 nitrogen and oxygen atoms in total. The summed E-state index contributed by atoms with van der Waals surface area (Å²) in [7, 11) is 1.72. The van der Waals surface area contributed by atoms with Crippen molar-refractivity contribution in [3.63, 3.8) is 0 Å². The minimum absolute atomic E-state index is 0.0116. The molecule has 0 aliphatic heterocycles. The molecule has 1 atom stereocenters. The Kier molecular flexibility index (Phi) is 3.07. The fourth-order valence-corrected chi connectivity index (χ4v) is 1.78. The molecule has 72 valence electrons. The van der Waals surface area contributed by atoms with Gasteiger partial charge in [-0.3, -0.25) is 4.57 Å². The van der Waals surface area contributed by atoms with Crippen molar-refractivity contribution in [2.24, 2.45) is 7.05 Å². The molecule has 13 heavy (non-hydrogen) atoms. The second-order valence-corrected chi connectivity index (χ2v) is 4.64. The number of imidazole rings is 1. The van der Waals surface area contributed by atoms with Crippen LogP contribution in [-0.4, -0.2) is 14.5 Å². The number of hydrogen-bond donors (Lipinski definition) is 0. The van der Waals surface area contributed by atoms with E-state index in [1.54, 1.807) is 11.6 Å². The number of rotatable bonds is 2. The van der Waals surface area contributed by atoms with Crippen LogP contribution in [0, 0.1) is 10.1 Å². The van der Waals surface area contributed by atoms with Crippen LogP contribution in [0.15, 0.2) is 4.60 Å². The smallest absolute Gasteiger partial charge is 0.358 e. The summed E-state index contributed by atoms with van der Waals surface area (Å²) in [5.41, 5.74) is 0. The summed E-state index contributed by atoms with van der Waals surface area (Å²) in [5.74, 6) is 0.474. The number of halogens is 2. The molecule has 0 saturated carbocycles. The van der Waals surface area contributed by atoms with Crippen LogP contribution >= 0.6 is 31.9 Å². The molecule has 0 bridgehead atoms. The highest BCUT2D eigenvalue weighted by molar-refractivity contribution is 9.10. The average molecular weight is 313 g/mol. The lowest BCUT2D eigenvalue weighted by molar-refractivity contribution is -0.390. The first-order valence-electron chi connectivity index (χ1n) is 3.45. The van der Waals surface area contributed by atoms with Crippen LogP contribution in [0.2, 0.25) is 0 Å². The number of nitro groups is 1. The Balaban J connectivity index is 3.28. The molecule has 7 heteroatoms. The molecule has 0 N–H and O–H groups in total. The molecule has 0 spiro atoms. The normalized spacial score (nSPS) is 12.9. The predicted molar refractivity (Wildman–Crippen MR) is 54.9 cm³/mol. The summed E-state index contributed by atoms with van der Waals surface area (Å²) in [6, 6.07) is 0. The average Bonchev–Trinajstić information content (AvgIpc) is 2.29. The Labute approximate surface area is 91.6 Å².